The molecule has 2 aromatic rings. The Morgan fingerprint density at radius 2 is 1.74 bits per heavy atom. The lowest BCUT2D eigenvalue weighted by atomic mass is 9.78. The topological polar surface area (TPSA) is 45.5 Å². The minimum Gasteiger partial charge on any atom is -0.399 e. The van der Waals surface area contributed by atoms with Gasteiger partial charge in [0, 0.05) is 20.1 Å². The summed E-state index contributed by atoms with van der Waals surface area (Å²) in [5.41, 5.74) is 2.63. The van der Waals surface area contributed by atoms with Gasteiger partial charge in [-0.15, -0.1) is 0 Å². The molecule has 1 fully saturated rings. The van der Waals surface area contributed by atoms with Crippen LogP contribution in [0, 0.1) is 6.92 Å². The molecule has 0 saturated carbocycles. The zero-order valence-electron chi connectivity index (χ0n) is 18.0. The Kier molecular flexibility index (Phi) is 5.36. The van der Waals surface area contributed by atoms with Gasteiger partial charge in [0.1, 0.15) is 6.73 Å². The van der Waals surface area contributed by atoms with E-state index >= 15 is 0 Å². The second-order valence-corrected chi connectivity index (χ2v) is 15.5. The van der Waals surface area contributed by atoms with Crippen molar-refractivity contribution < 1.29 is 14.0 Å². The highest BCUT2D eigenvalue weighted by atomic mass is 28.3. The maximum absolute atomic E-state index is 6.20. The molecule has 2 heterocycles. The lowest BCUT2D eigenvalue weighted by molar-refractivity contribution is 0.00578. The van der Waals surface area contributed by atoms with Crippen molar-refractivity contribution in [3.8, 4) is 0 Å². The van der Waals surface area contributed by atoms with Gasteiger partial charge < -0.3 is 14.0 Å². The minimum absolute atomic E-state index is 0.338. The monoisotopic (exact) mass is 388 g/mol. The highest BCUT2D eigenvalue weighted by Crippen LogP contribution is 2.36. The van der Waals surface area contributed by atoms with Crippen molar-refractivity contribution in [3.63, 3.8) is 0 Å². The van der Waals surface area contributed by atoms with Gasteiger partial charge in [0.2, 0.25) is 0 Å². The molecular formula is C20H33BN2O3Si. The Bertz CT molecular complexity index is 810. The van der Waals surface area contributed by atoms with Crippen molar-refractivity contribution in [1.29, 1.82) is 0 Å². The van der Waals surface area contributed by atoms with Crippen LogP contribution in [0.1, 0.15) is 33.3 Å². The van der Waals surface area contributed by atoms with Crippen LogP contribution in [0.15, 0.2) is 18.3 Å². The van der Waals surface area contributed by atoms with Crippen molar-refractivity contribution in [2.75, 3.05) is 6.61 Å². The van der Waals surface area contributed by atoms with Crippen molar-refractivity contribution in [1.82, 2.24) is 9.78 Å². The zero-order chi connectivity index (χ0) is 20.0. The molecule has 1 aliphatic rings. The molecule has 0 bridgehead atoms. The number of aromatic nitrogens is 2. The number of benzene rings is 1. The number of hydrogen-bond acceptors (Lipinski definition) is 4. The smallest absolute Gasteiger partial charge is 0.399 e. The quantitative estimate of drug-likeness (QED) is 0.555. The summed E-state index contributed by atoms with van der Waals surface area (Å²) >= 11 is 0. The number of nitrogens with zero attached hydrogens (tertiary/aromatic N) is 2. The van der Waals surface area contributed by atoms with Gasteiger partial charge in [0.15, 0.2) is 0 Å². The van der Waals surface area contributed by atoms with Crippen LogP contribution in [0.3, 0.4) is 0 Å². The molecule has 0 spiro atoms. The van der Waals surface area contributed by atoms with Gasteiger partial charge >= 0.3 is 7.12 Å². The normalized spacial score (nSPS) is 19.2. The summed E-state index contributed by atoms with van der Waals surface area (Å²) in [7, 11) is -1.43. The molecule has 5 nitrogen and oxygen atoms in total. The third-order valence-corrected chi connectivity index (χ3v) is 7.39. The van der Waals surface area contributed by atoms with Crippen LogP contribution in [-0.2, 0) is 20.8 Å². The first-order chi connectivity index (χ1) is 12.4. The van der Waals surface area contributed by atoms with Gasteiger partial charge in [-0.1, -0.05) is 31.8 Å². The van der Waals surface area contributed by atoms with Gasteiger partial charge in [0.05, 0.1) is 22.9 Å². The lowest BCUT2D eigenvalue weighted by Crippen LogP contribution is -2.41. The summed E-state index contributed by atoms with van der Waals surface area (Å²) in [6.07, 6.45) is 1.90. The van der Waals surface area contributed by atoms with Crippen LogP contribution in [0.25, 0.3) is 10.9 Å². The fourth-order valence-electron chi connectivity index (χ4n) is 3.22. The van der Waals surface area contributed by atoms with Crippen molar-refractivity contribution >= 4 is 31.6 Å². The molecule has 0 radical (unpaired) electrons. The largest absolute Gasteiger partial charge is 0.494 e. The molecule has 3 rings (SSSR count). The van der Waals surface area contributed by atoms with E-state index < -0.39 is 8.07 Å². The Balaban J connectivity index is 1.77. The van der Waals surface area contributed by atoms with Crippen LogP contribution >= 0.6 is 0 Å². The molecule has 0 unspecified atom stereocenters. The summed E-state index contributed by atoms with van der Waals surface area (Å²) < 4.78 is 20.2. The van der Waals surface area contributed by atoms with E-state index in [1.54, 1.807) is 0 Å². The van der Waals surface area contributed by atoms with Crippen LogP contribution in [0.2, 0.25) is 25.7 Å². The number of rotatable bonds is 6. The summed E-state index contributed by atoms with van der Waals surface area (Å²) in [4.78, 5) is 0. The molecule has 148 valence electrons. The first kappa shape index (κ1) is 20.6. The summed E-state index contributed by atoms with van der Waals surface area (Å²) in [6.45, 7) is 18.8. The zero-order valence-corrected chi connectivity index (χ0v) is 19.0. The average Bonchev–Trinajstić information content (AvgIpc) is 3.01. The third-order valence-electron chi connectivity index (χ3n) is 5.68. The Labute approximate surface area is 164 Å². The minimum atomic E-state index is -1.07. The van der Waals surface area contributed by atoms with E-state index in [1.165, 1.54) is 0 Å². The molecule has 0 aliphatic carbocycles. The predicted octanol–water partition coefficient (Wildman–Crippen LogP) is 3.96. The number of fused-ring (bicyclic) bond motifs is 1. The Morgan fingerprint density at radius 3 is 2.33 bits per heavy atom. The molecule has 0 N–H and O–H groups in total. The standard InChI is InChI=1S/C20H33BN2O3Si/c1-15-11-17(21-25-19(2,3)20(4,5)26-21)12-16-13-22-23(18(15)16)14-24-9-10-27(6,7)8/h11-13H,9-10,14H2,1-8H3. The second kappa shape index (κ2) is 7.03. The van der Waals surface area contributed by atoms with Gasteiger partial charge in [0.25, 0.3) is 0 Å². The molecule has 0 atom stereocenters. The molecule has 0 amide bonds. The molecular weight excluding hydrogens is 355 g/mol. The van der Waals surface area contributed by atoms with E-state index in [2.05, 4.69) is 71.5 Å². The predicted molar refractivity (Wildman–Crippen MR) is 114 cm³/mol. The molecule has 7 heteroatoms. The van der Waals surface area contributed by atoms with Crippen LogP contribution < -0.4 is 5.46 Å². The molecule has 27 heavy (non-hydrogen) atoms. The first-order valence-corrected chi connectivity index (χ1v) is 13.5. The van der Waals surface area contributed by atoms with Gasteiger partial charge in [-0.25, -0.2) is 4.68 Å². The molecule has 1 aromatic carbocycles. The number of ether oxygens (including phenoxy) is 1. The first-order valence-electron chi connectivity index (χ1n) is 9.79. The van der Waals surface area contributed by atoms with E-state index in [9.17, 15) is 0 Å². The number of hydrogen-bond donors (Lipinski definition) is 0. The van der Waals surface area contributed by atoms with E-state index in [0.29, 0.717) is 6.73 Å². The van der Waals surface area contributed by atoms with E-state index in [-0.39, 0.29) is 18.3 Å². The Hall–Kier alpha value is -1.15. The maximum Gasteiger partial charge on any atom is 0.494 e. The van der Waals surface area contributed by atoms with Crippen molar-refractivity contribution in [2.24, 2.45) is 0 Å². The van der Waals surface area contributed by atoms with Crippen LogP contribution in [-0.4, -0.2) is 42.8 Å². The summed E-state index contributed by atoms with van der Waals surface area (Å²) in [5, 5.41) is 5.63. The highest BCUT2D eigenvalue weighted by Gasteiger charge is 2.51. The van der Waals surface area contributed by atoms with Crippen LogP contribution in [0.5, 0.6) is 0 Å². The lowest BCUT2D eigenvalue weighted by Gasteiger charge is -2.32. The summed E-state index contributed by atoms with van der Waals surface area (Å²) in [5.74, 6) is 0. The fraction of sp³-hybridized carbons (Fsp3) is 0.650. The van der Waals surface area contributed by atoms with Gasteiger partial charge in [-0.05, 0) is 51.7 Å². The average molecular weight is 388 g/mol. The number of aryl methyl sites for hydroxylation is 1. The van der Waals surface area contributed by atoms with Crippen molar-refractivity contribution in [3.05, 3.63) is 23.9 Å². The molecule has 1 saturated heterocycles. The Morgan fingerprint density at radius 1 is 1.11 bits per heavy atom. The van der Waals surface area contributed by atoms with Gasteiger partial charge in [-0.2, -0.15) is 5.10 Å². The van der Waals surface area contributed by atoms with E-state index in [1.807, 2.05) is 10.9 Å². The van der Waals surface area contributed by atoms with Crippen LogP contribution in [0.4, 0.5) is 0 Å². The van der Waals surface area contributed by atoms with E-state index in [0.717, 1.165) is 34.6 Å². The van der Waals surface area contributed by atoms with E-state index in [4.69, 9.17) is 14.0 Å². The SMILES string of the molecule is Cc1cc(B2OC(C)(C)C(C)(C)O2)cc2cnn(COCC[Si](C)(C)C)c12. The van der Waals surface area contributed by atoms with Crippen molar-refractivity contribution in [2.45, 2.75) is 78.2 Å². The van der Waals surface area contributed by atoms with Gasteiger partial charge in [-0.3, -0.25) is 0 Å². The fourth-order valence-corrected chi connectivity index (χ4v) is 3.98. The maximum atomic E-state index is 6.20. The molecule has 1 aromatic heterocycles. The summed E-state index contributed by atoms with van der Waals surface area (Å²) in [6, 6.07) is 5.43. The molecule has 1 aliphatic heterocycles. The third kappa shape index (κ3) is 4.31. The second-order valence-electron chi connectivity index (χ2n) is 9.86. The highest BCUT2D eigenvalue weighted by molar-refractivity contribution is 6.76.